The van der Waals surface area contributed by atoms with Crippen LogP contribution in [0.5, 0.6) is 5.75 Å². The Balaban J connectivity index is 1.88. The fourth-order valence-electron chi connectivity index (χ4n) is 3.02. The molecule has 0 radical (unpaired) electrons. The number of nitrogens with one attached hydrogen (secondary N) is 1. The number of ether oxygens (including phenoxy) is 1. The fraction of sp³-hybridized carbons (Fsp3) is 0.333. The van der Waals surface area contributed by atoms with Crippen LogP contribution in [0, 0.1) is 5.82 Å². The summed E-state index contributed by atoms with van der Waals surface area (Å²) in [6, 6.07) is 7.31. The van der Waals surface area contributed by atoms with Gasteiger partial charge in [0.15, 0.2) is 0 Å². The highest BCUT2D eigenvalue weighted by Crippen LogP contribution is 2.25. The van der Waals surface area contributed by atoms with E-state index in [1.165, 1.54) is 25.3 Å². The summed E-state index contributed by atoms with van der Waals surface area (Å²) in [5.41, 5.74) is 1.79. The summed E-state index contributed by atoms with van der Waals surface area (Å²) >= 11 is 0. The average Bonchev–Trinajstić information content (AvgIpc) is 2.61. The van der Waals surface area contributed by atoms with Gasteiger partial charge < -0.3 is 14.6 Å². The Bertz CT molecular complexity index is 812. The summed E-state index contributed by atoms with van der Waals surface area (Å²) in [6.07, 6.45) is 2.53. The van der Waals surface area contributed by atoms with Crippen LogP contribution in [0.1, 0.15) is 34.5 Å². The van der Waals surface area contributed by atoms with Gasteiger partial charge in [0.1, 0.15) is 17.1 Å². The summed E-state index contributed by atoms with van der Waals surface area (Å²) in [4.78, 5) is 24.8. The molecule has 1 aliphatic heterocycles. The number of aromatic nitrogens is 1. The molecule has 0 unspecified atom stereocenters. The highest BCUT2D eigenvalue weighted by Gasteiger charge is 2.23. The number of carbonyl (C=O) groups excluding carboxylic acids is 1. The maximum atomic E-state index is 12.9. The van der Waals surface area contributed by atoms with Crippen LogP contribution in [0.2, 0.25) is 0 Å². The van der Waals surface area contributed by atoms with E-state index in [-0.39, 0.29) is 23.8 Å². The minimum atomic E-state index is -0.316. The molecule has 0 bridgehead atoms. The second-order valence-electron chi connectivity index (χ2n) is 5.79. The van der Waals surface area contributed by atoms with E-state index in [9.17, 15) is 14.0 Å². The second kappa shape index (κ2) is 6.86. The van der Waals surface area contributed by atoms with Crippen molar-refractivity contribution < 1.29 is 13.9 Å². The highest BCUT2D eigenvalue weighted by molar-refractivity contribution is 5.98. The normalized spacial score (nSPS) is 13.2. The third kappa shape index (κ3) is 3.18. The van der Waals surface area contributed by atoms with Gasteiger partial charge >= 0.3 is 0 Å². The van der Waals surface area contributed by atoms with Crippen molar-refractivity contribution in [3.05, 3.63) is 63.3 Å². The van der Waals surface area contributed by atoms with Crippen molar-refractivity contribution in [3.63, 3.8) is 0 Å². The lowest BCUT2D eigenvalue weighted by Gasteiger charge is -2.22. The summed E-state index contributed by atoms with van der Waals surface area (Å²) in [7, 11) is 1.45. The maximum Gasteiger partial charge on any atom is 0.257 e. The van der Waals surface area contributed by atoms with Gasteiger partial charge in [0, 0.05) is 24.8 Å². The molecular weight excluding hydrogens is 311 g/mol. The number of rotatable bonds is 4. The van der Waals surface area contributed by atoms with Crippen LogP contribution in [-0.4, -0.2) is 17.6 Å². The van der Waals surface area contributed by atoms with Crippen molar-refractivity contribution in [2.24, 2.45) is 0 Å². The van der Waals surface area contributed by atoms with Gasteiger partial charge in [-0.15, -0.1) is 0 Å². The molecule has 1 aromatic heterocycles. The minimum Gasteiger partial charge on any atom is -0.496 e. The van der Waals surface area contributed by atoms with Crippen molar-refractivity contribution >= 4 is 5.91 Å². The summed E-state index contributed by atoms with van der Waals surface area (Å²) in [6.45, 7) is 0.900. The molecule has 1 aliphatic rings. The maximum absolute atomic E-state index is 12.9. The van der Waals surface area contributed by atoms with E-state index < -0.39 is 0 Å². The number of hydrogen-bond acceptors (Lipinski definition) is 3. The second-order valence-corrected chi connectivity index (χ2v) is 5.79. The average molecular weight is 330 g/mol. The van der Waals surface area contributed by atoms with Crippen LogP contribution in [0.15, 0.2) is 35.1 Å². The Kier molecular flexibility index (Phi) is 4.64. The van der Waals surface area contributed by atoms with Gasteiger partial charge in [0.05, 0.1) is 7.11 Å². The Morgan fingerprint density at radius 2 is 2.04 bits per heavy atom. The van der Waals surface area contributed by atoms with E-state index in [0.717, 1.165) is 24.1 Å². The van der Waals surface area contributed by atoms with Gasteiger partial charge in [-0.3, -0.25) is 9.59 Å². The minimum absolute atomic E-state index is 0.142. The fourth-order valence-corrected chi connectivity index (χ4v) is 3.02. The monoisotopic (exact) mass is 330 g/mol. The molecule has 2 aromatic rings. The largest absolute Gasteiger partial charge is 0.496 e. The smallest absolute Gasteiger partial charge is 0.257 e. The lowest BCUT2D eigenvalue weighted by Crippen LogP contribution is -2.32. The molecule has 1 aromatic carbocycles. The van der Waals surface area contributed by atoms with Gasteiger partial charge in [0.2, 0.25) is 0 Å². The topological polar surface area (TPSA) is 60.3 Å². The van der Waals surface area contributed by atoms with Crippen molar-refractivity contribution in [1.29, 1.82) is 0 Å². The molecule has 126 valence electrons. The molecule has 2 heterocycles. The van der Waals surface area contributed by atoms with Gasteiger partial charge in [-0.25, -0.2) is 4.39 Å². The lowest BCUT2D eigenvalue weighted by molar-refractivity contribution is 0.0945. The zero-order chi connectivity index (χ0) is 17.1. The van der Waals surface area contributed by atoms with Crippen LogP contribution >= 0.6 is 0 Å². The number of halogens is 1. The molecular formula is C18H19FN2O3. The van der Waals surface area contributed by atoms with Crippen molar-refractivity contribution in [3.8, 4) is 5.75 Å². The zero-order valence-electron chi connectivity index (χ0n) is 13.5. The Morgan fingerprint density at radius 3 is 2.75 bits per heavy atom. The number of nitrogens with zero attached hydrogens (tertiary/aromatic N) is 1. The molecule has 3 rings (SSSR count). The zero-order valence-corrected chi connectivity index (χ0v) is 13.5. The summed E-state index contributed by atoms with van der Waals surface area (Å²) in [5.74, 6) is -0.310. The van der Waals surface area contributed by atoms with E-state index in [1.54, 1.807) is 16.7 Å². The molecule has 24 heavy (non-hydrogen) atoms. The molecule has 0 spiro atoms. The quantitative estimate of drug-likeness (QED) is 0.935. The number of pyridine rings is 1. The van der Waals surface area contributed by atoms with Gasteiger partial charge in [-0.05, 0) is 37.0 Å². The van der Waals surface area contributed by atoms with E-state index in [0.29, 0.717) is 24.3 Å². The molecule has 5 nitrogen and oxygen atoms in total. The summed E-state index contributed by atoms with van der Waals surface area (Å²) in [5, 5.41) is 2.82. The number of amides is 1. The van der Waals surface area contributed by atoms with E-state index in [2.05, 4.69) is 5.32 Å². The lowest BCUT2D eigenvalue weighted by atomic mass is 10.0. The van der Waals surface area contributed by atoms with Crippen LogP contribution in [-0.2, 0) is 19.5 Å². The van der Waals surface area contributed by atoms with Crippen LogP contribution in [0.3, 0.4) is 0 Å². The Labute approximate surface area is 139 Å². The molecule has 0 fully saturated rings. The van der Waals surface area contributed by atoms with Gasteiger partial charge in [0.25, 0.3) is 11.5 Å². The van der Waals surface area contributed by atoms with Crippen molar-refractivity contribution in [2.75, 3.05) is 7.11 Å². The first-order valence-corrected chi connectivity index (χ1v) is 7.93. The molecule has 1 amide bonds. The van der Waals surface area contributed by atoms with Crippen molar-refractivity contribution in [2.45, 2.75) is 32.4 Å². The predicted molar refractivity (Wildman–Crippen MR) is 87.8 cm³/mol. The molecule has 1 N–H and O–H groups in total. The SMILES string of the molecule is COc1cc(=O)n2c(c1C(=O)NCc1ccc(F)cc1)CCCC2. The Morgan fingerprint density at radius 1 is 1.29 bits per heavy atom. The van der Waals surface area contributed by atoms with Crippen LogP contribution < -0.4 is 15.6 Å². The van der Waals surface area contributed by atoms with E-state index in [1.807, 2.05) is 0 Å². The number of carbonyl (C=O) groups is 1. The van der Waals surface area contributed by atoms with Gasteiger partial charge in [-0.2, -0.15) is 0 Å². The first-order chi connectivity index (χ1) is 11.6. The number of benzene rings is 1. The molecule has 0 saturated carbocycles. The molecule has 0 atom stereocenters. The number of methoxy groups -OCH3 is 1. The van der Waals surface area contributed by atoms with E-state index in [4.69, 9.17) is 4.74 Å². The van der Waals surface area contributed by atoms with E-state index >= 15 is 0 Å². The Hall–Kier alpha value is -2.63. The third-order valence-corrected chi connectivity index (χ3v) is 4.24. The number of fused-ring (bicyclic) bond motifs is 1. The summed E-state index contributed by atoms with van der Waals surface area (Å²) < 4.78 is 19.8. The molecule has 6 heteroatoms. The predicted octanol–water partition coefficient (Wildman–Crippen LogP) is 2.26. The number of hydrogen-bond donors (Lipinski definition) is 1. The van der Waals surface area contributed by atoms with Gasteiger partial charge in [-0.1, -0.05) is 12.1 Å². The standard InChI is InChI=1S/C18H19FN2O3/c1-24-15-10-16(22)21-9-3-2-4-14(21)17(15)18(23)20-11-12-5-7-13(19)8-6-12/h5-8,10H,2-4,9,11H2,1H3,(H,20,23). The molecule has 0 aliphatic carbocycles. The first-order valence-electron chi connectivity index (χ1n) is 7.93. The third-order valence-electron chi connectivity index (χ3n) is 4.24. The first kappa shape index (κ1) is 16.2. The van der Waals surface area contributed by atoms with Crippen LogP contribution in [0.25, 0.3) is 0 Å². The van der Waals surface area contributed by atoms with Crippen LogP contribution in [0.4, 0.5) is 4.39 Å². The van der Waals surface area contributed by atoms with Crippen molar-refractivity contribution in [1.82, 2.24) is 9.88 Å². The molecule has 0 saturated heterocycles. The highest BCUT2D eigenvalue weighted by atomic mass is 19.1.